The van der Waals surface area contributed by atoms with Crippen LogP contribution < -0.4 is 10.6 Å². The summed E-state index contributed by atoms with van der Waals surface area (Å²) in [5.41, 5.74) is 1.94. The van der Waals surface area contributed by atoms with Crippen molar-refractivity contribution in [3.05, 3.63) is 29.2 Å². The van der Waals surface area contributed by atoms with Crippen molar-refractivity contribution >= 4 is 11.7 Å². The Labute approximate surface area is 157 Å². The zero-order chi connectivity index (χ0) is 18.2. The second-order valence-corrected chi connectivity index (χ2v) is 7.63. The number of rotatable bonds is 6. The molecule has 1 amide bonds. The van der Waals surface area contributed by atoms with Crippen molar-refractivity contribution in [1.29, 1.82) is 0 Å². The van der Waals surface area contributed by atoms with Gasteiger partial charge in [0.05, 0.1) is 0 Å². The first-order chi connectivity index (χ1) is 12.7. The predicted molar refractivity (Wildman–Crippen MR) is 105 cm³/mol. The van der Waals surface area contributed by atoms with E-state index in [1.165, 1.54) is 69.8 Å². The molecule has 3 rings (SSSR count). The fourth-order valence-corrected chi connectivity index (χ4v) is 3.95. The summed E-state index contributed by atoms with van der Waals surface area (Å²) in [5, 5.41) is 6.54. The number of amides is 1. The normalized spacial score (nSPS) is 18.7. The average molecular weight is 357 g/mol. The van der Waals surface area contributed by atoms with Crippen molar-refractivity contribution in [3.63, 3.8) is 0 Å². The highest BCUT2D eigenvalue weighted by Gasteiger charge is 2.15. The summed E-state index contributed by atoms with van der Waals surface area (Å²) in [6.45, 7) is 2.53. The Balaban J connectivity index is 1.55. The van der Waals surface area contributed by atoms with Gasteiger partial charge in [-0.2, -0.15) is 0 Å². The number of nitrogens with zero attached hydrogens (tertiary/aromatic N) is 2. The van der Waals surface area contributed by atoms with Gasteiger partial charge in [-0.3, -0.25) is 4.79 Å². The number of hydrogen-bond acceptors (Lipinski definition) is 4. The second kappa shape index (κ2) is 9.70. The van der Waals surface area contributed by atoms with Gasteiger partial charge < -0.3 is 10.6 Å². The molecular weight excluding hydrogens is 324 g/mol. The summed E-state index contributed by atoms with van der Waals surface area (Å²) >= 11 is 0. The zero-order valence-corrected chi connectivity index (χ0v) is 16.0. The van der Waals surface area contributed by atoms with E-state index in [0.29, 0.717) is 24.1 Å². The van der Waals surface area contributed by atoms with E-state index < -0.39 is 0 Å². The lowest BCUT2D eigenvalue weighted by atomic mass is 9.97. The first kappa shape index (κ1) is 18.9. The maximum atomic E-state index is 12.5. The molecule has 0 saturated heterocycles. The van der Waals surface area contributed by atoms with Gasteiger partial charge in [-0.1, -0.05) is 37.3 Å². The van der Waals surface area contributed by atoms with Crippen LogP contribution in [0.1, 0.15) is 86.9 Å². The minimum Gasteiger partial charge on any atom is -0.367 e. The molecule has 2 N–H and O–H groups in total. The van der Waals surface area contributed by atoms with E-state index >= 15 is 0 Å². The van der Waals surface area contributed by atoms with E-state index in [1.807, 2.05) is 6.92 Å². The summed E-state index contributed by atoms with van der Waals surface area (Å²) in [5.74, 6) is 1.32. The van der Waals surface area contributed by atoms with Crippen molar-refractivity contribution in [2.24, 2.45) is 0 Å². The second-order valence-electron chi connectivity index (χ2n) is 7.63. The molecule has 5 nitrogen and oxygen atoms in total. The quantitative estimate of drug-likeness (QED) is 0.580. The minimum absolute atomic E-state index is 0.101. The van der Waals surface area contributed by atoms with Crippen LogP contribution in [0.2, 0.25) is 0 Å². The molecule has 5 heteroatoms. The maximum Gasteiger partial charge on any atom is 0.270 e. The van der Waals surface area contributed by atoms with Gasteiger partial charge in [0, 0.05) is 18.7 Å². The van der Waals surface area contributed by atoms with Crippen molar-refractivity contribution in [3.8, 4) is 0 Å². The third-order valence-corrected chi connectivity index (χ3v) is 5.39. The average Bonchev–Trinajstić information content (AvgIpc) is 2.91. The van der Waals surface area contributed by atoms with Crippen molar-refractivity contribution in [2.75, 3.05) is 11.9 Å². The minimum atomic E-state index is -0.101. The van der Waals surface area contributed by atoms with Crippen LogP contribution in [0.4, 0.5) is 5.82 Å². The summed E-state index contributed by atoms with van der Waals surface area (Å²) in [6, 6.07) is 2.26. The van der Waals surface area contributed by atoms with Crippen molar-refractivity contribution in [2.45, 2.75) is 83.6 Å². The highest BCUT2D eigenvalue weighted by atomic mass is 16.1. The van der Waals surface area contributed by atoms with Crippen LogP contribution in [0.5, 0.6) is 0 Å². The van der Waals surface area contributed by atoms with Crippen LogP contribution in [0.15, 0.2) is 17.7 Å². The van der Waals surface area contributed by atoms with Crippen LogP contribution in [0.3, 0.4) is 0 Å². The van der Waals surface area contributed by atoms with E-state index in [0.717, 1.165) is 12.2 Å². The Hall–Kier alpha value is -1.91. The van der Waals surface area contributed by atoms with Gasteiger partial charge in [0.2, 0.25) is 0 Å². The smallest absolute Gasteiger partial charge is 0.270 e. The molecule has 0 aliphatic heterocycles. The SMILES string of the molecule is Cc1nc(NC2CCCCCC2)cc(C(=O)NCCC2=CCCCC2)n1. The molecular formula is C21H32N4O. The Kier molecular flexibility index (Phi) is 7.04. The molecule has 1 saturated carbocycles. The molecule has 1 aromatic heterocycles. The molecule has 2 aliphatic rings. The number of aryl methyl sites for hydroxylation is 1. The van der Waals surface area contributed by atoms with E-state index in [-0.39, 0.29) is 5.91 Å². The number of hydrogen-bond donors (Lipinski definition) is 2. The molecule has 142 valence electrons. The first-order valence-corrected chi connectivity index (χ1v) is 10.3. The predicted octanol–water partition coefficient (Wildman–Crippen LogP) is 4.54. The van der Waals surface area contributed by atoms with Gasteiger partial charge in [-0.25, -0.2) is 9.97 Å². The number of carbonyl (C=O) groups excluding carboxylic acids is 1. The molecule has 0 radical (unpaired) electrons. The molecule has 1 fully saturated rings. The summed E-state index contributed by atoms with van der Waals surface area (Å²) in [4.78, 5) is 21.3. The van der Waals surface area contributed by atoms with Gasteiger partial charge in [-0.05, 0) is 51.9 Å². The number of aromatic nitrogens is 2. The largest absolute Gasteiger partial charge is 0.367 e. The van der Waals surface area contributed by atoms with E-state index in [4.69, 9.17) is 0 Å². The van der Waals surface area contributed by atoms with Crippen LogP contribution in [0, 0.1) is 6.92 Å². The molecule has 0 unspecified atom stereocenters. The monoisotopic (exact) mass is 356 g/mol. The van der Waals surface area contributed by atoms with E-state index in [2.05, 4.69) is 26.7 Å². The summed E-state index contributed by atoms with van der Waals surface area (Å²) in [7, 11) is 0. The van der Waals surface area contributed by atoms with Gasteiger partial charge >= 0.3 is 0 Å². The topological polar surface area (TPSA) is 66.9 Å². The lowest BCUT2D eigenvalue weighted by molar-refractivity contribution is 0.0948. The number of allylic oxidation sites excluding steroid dienone is 1. The molecule has 1 aromatic rings. The van der Waals surface area contributed by atoms with Crippen molar-refractivity contribution in [1.82, 2.24) is 15.3 Å². The molecule has 0 atom stereocenters. The highest BCUT2D eigenvalue weighted by molar-refractivity contribution is 5.92. The van der Waals surface area contributed by atoms with E-state index in [1.54, 1.807) is 6.07 Å². The third kappa shape index (κ3) is 5.82. The van der Waals surface area contributed by atoms with Gasteiger partial charge in [0.1, 0.15) is 17.3 Å². The van der Waals surface area contributed by atoms with Crippen LogP contribution >= 0.6 is 0 Å². The van der Waals surface area contributed by atoms with Crippen molar-refractivity contribution < 1.29 is 4.79 Å². The number of nitrogens with one attached hydrogen (secondary N) is 2. The summed E-state index contributed by atoms with van der Waals surface area (Å²) in [6.07, 6.45) is 15.8. The molecule has 26 heavy (non-hydrogen) atoms. The molecule has 0 spiro atoms. The molecule has 0 bridgehead atoms. The maximum absolute atomic E-state index is 12.5. The standard InChI is InChI=1S/C21H32N4O/c1-16-23-19(21(26)22-14-13-17-9-5-4-6-10-17)15-20(24-16)25-18-11-7-2-3-8-12-18/h9,15,18H,2-8,10-14H2,1H3,(H,22,26)(H,23,24,25). The molecule has 1 heterocycles. The Bertz CT molecular complexity index is 633. The van der Waals surface area contributed by atoms with Crippen LogP contribution in [0.25, 0.3) is 0 Å². The summed E-state index contributed by atoms with van der Waals surface area (Å²) < 4.78 is 0. The van der Waals surface area contributed by atoms with Gasteiger partial charge in [0.15, 0.2) is 0 Å². The number of carbonyl (C=O) groups is 1. The lowest BCUT2D eigenvalue weighted by Crippen LogP contribution is -2.27. The molecule has 2 aliphatic carbocycles. The molecule has 0 aromatic carbocycles. The zero-order valence-electron chi connectivity index (χ0n) is 16.0. The number of anilines is 1. The highest BCUT2D eigenvalue weighted by Crippen LogP contribution is 2.21. The van der Waals surface area contributed by atoms with Gasteiger partial charge in [-0.15, -0.1) is 0 Å². The Morgan fingerprint density at radius 1 is 1.12 bits per heavy atom. The third-order valence-electron chi connectivity index (χ3n) is 5.39. The Morgan fingerprint density at radius 3 is 2.65 bits per heavy atom. The van der Waals surface area contributed by atoms with E-state index in [9.17, 15) is 4.79 Å². The van der Waals surface area contributed by atoms with Gasteiger partial charge in [0.25, 0.3) is 5.91 Å². The van der Waals surface area contributed by atoms with Crippen LogP contribution in [-0.4, -0.2) is 28.5 Å². The first-order valence-electron chi connectivity index (χ1n) is 10.3. The Morgan fingerprint density at radius 2 is 1.92 bits per heavy atom. The lowest BCUT2D eigenvalue weighted by Gasteiger charge is -2.17. The van der Waals surface area contributed by atoms with Crippen LogP contribution in [-0.2, 0) is 0 Å². The fraction of sp³-hybridized carbons (Fsp3) is 0.667. The fourth-order valence-electron chi connectivity index (χ4n) is 3.95.